The fraction of sp³-hybridized carbons (Fsp3) is 0.278. The summed E-state index contributed by atoms with van der Waals surface area (Å²) in [6.45, 7) is 5.52. The van der Waals surface area contributed by atoms with Gasteiger partial charge in [-0.3, -0.25) is 4.79 Å². The summed E-state index contributed by atoms with van der Waals surface area (Å²) in [4.78, 5) is 12.5. The normalized spacial score (nSPS) is 11.1. The number of rotatable bonds is 5. The summed E-state index contributed by atoms with van der Waals surface area (Å²) in [6.07, 6.45) is 0.933. The van der Waals surface area contributed by atoms with E-state index in [-0.39, 0.29) is 5.91 Å². The van der Waals surface area contributed by atoms with Crippen LogP contribution in [0.4, 0.5) is 0 Å². The molecule has 0 saturated carbocycles. The van der Waals surface area contributed by atoms with E-state index in [0.717, 1.165) is 26.8 Å². The number of carbonyl (C=O) groups excluding carboxylic acids is 1. The Morgan fingerprint density at radius 1 is 1.30 bits per heavy atom. The molecule has 3 nitrogen and oxygen atoms in total. The molecule has 2 heterocycles. The van der Waals surface area contributed by atoms with Crippen molar-refractivity contribution in [3.8, 4) is 0 Å². The Hall–Kier alpha value is -1.59. The molecule has 1 aromatic carbocycles. The number of amides is 1. The molecule has 1 N–H and O–H groups in total. The quantitative estimate of drug-likeness (QED) is 0.655. The van der Waals surface area contributed by atoms with Crippen LogP contribution in [-0.2, 0) is 6.54 Å². The molecule has 23 heavy (non-hydrogen) atoms. The number of thiophene rings is 1. The van der Waals surface area contributed by atoms with Gasteiger partial charge >= 0.3 is 0 Å². The fourth-order valence-electron chi connectivity index (χ4n) is 2.59. The smallest absolute Gasteiger partial charge is 0.267 e. The van der Waals surface area contributed by atoms with Crippen molar-refractivity contribution in [1.82, 2.24) is 9.88 Å². The van der Waals surface area contributed by atoms with Crippen LogP contribution in [-0.4, -0.2) is 17.0 Å². The van der Waals surface area contributed by atoms with Crippen molar-refractivity contribution in [1.29, 1.82) is 0 Å². The van der Waals surface area contributed by atoms with Gasteiger partial charge in [-0.05, 0) is 40.9 Å². The number of hydrogen-bond acceptors (Lipinski definition) is 2. The standard InChI is InChI=1S/C18H19BrN2OS/c1-3-8-20-18(22)15-9-16-17(14(19)11-23-16)21(15)10-13-6-4-12(2)5-7-13/h4-7,9,11H,3,8,10H2,1-2H3,(H,20,22). The number of nitrogens with one attached hydrogen (secondary N) is 1. The van der Waals surface area contributed by atoms with Crippen molar-refractivity contribution in [2.24, 2.45) is 0 Å². The van der Waals surface area contributed by atoms with Gasteiger partial charge in [-0.25, -0.2) is 0 Å². The summed E-state index contributed by atoms with van der Waals surface area (Å²) >= 11 is 5.27. The van der Waals surface area contributed by atoms with E-state index in [0.29, 0.717) is 13.1 Å². The molecule has 1 amide bonds. The van der Waals surface area contributed by atoms with E-state index in [1.807, 2.05) is 6.07 Å². The highest BCUT2D eigenvalue weighted by Gasteiger charge is 2.18. The highest BCUT2D eigenvalue weighted by Crippen LogP contribution is 2.33. The number of aromatic nitrogens is 1. The summed E-state index contributed by atoms with van der Waals surface area (Å²) in [7, 11) is 0. The summed E-state index contributed by atoms with van der Waals surface area (Å²) in [6, 6.07) is 10.4. The Balaban J connectivity index is 2.02. The number of aryl methyl sites for hydroxylation is 1. The average molecular weight is 391 g/mol. The van der Waals surface area contributed by atoms with Crippen LogP contribution in [0.1, 0.15) is 35.0 Å². The summed E-state index contributed by atoms with van der Waals surface area (Å²) in [5.41, 5.74) is 4.25. The first-order valence-electron chi connectivity index (χ1n) is 7.70. The lowest BCUT2D eigenvalue weighted by Crippen LogP contribution is -2.26. The van der Waals surface area contributed by atoms with Crippen LogP contribution in [0, 0.1) is 6.92 Å². The van der Waals surface area contributed by atoms with Gasteiger partial charge in [0.2, 0.25) is 0 Å². The van der Waals surface area contributed by atoms with Crippen molar-refractivity contribution in [2.45, 2.75) is 26.8 Å². The Morgan fingerprint density at radius 2 is 2.04 bits per heavy atom. The van der Waals surface area contributed by atoms with Crippen molar-refractivity contribution >= 4 is 43.4 Å². The first-order chi connectivity index (χ1) is 11.1. The van der Waals surface area contributed by atoms with Gasteiger partial charge in [0.25, 0.3) is 5.91 Å². The Bertz CT molecular complexity index is 833. The van der Waals surface area contributed by atoms with Gasteiger partial charge in [-0.1, -0.05) is 36.8 Å². The second kappa shape index (κ2) is 6.89. The molecule has 120 valence electrons. The number of benzene rings is 1. The van der Waals surface area contributed by atoms with E-state index in [2.05, 4.69) is 69.3 Å². The van der Waals surface area contributed by atoms with Crippen LogP contribution in [0.15, 0.2) is 40.2 Å². The first-order valence-corrected chi connectivity index (χ1v) is 9.37. The third kappa shape index (κ3) is 3.35. The topological polar surface area (TPSA) is 34.0 Å². The van der Waals surface area contributed by atoms with Gasteiger partial charge in [0, 0.05) is 18.5 Å². The first kappa shape index (κ1) is 16.3. The lowest BCUT2D eigenvalue weighted by atomic mass is 10.1. The highest BCUT2D eigenvalue weighted by molar-refractivity contribution is 9.10. The van der Waals surface area contributed by atoms with Crippen LogP contribution in [0.25, 0.3) is 10.2 Å². The van der Waals surface area contributed by atoms with Crippen molar-refractivity contribution in [3.63, 3.8) is 0 Å². The molecule has 0 fully saturated rings. The molecule has 0 unspecified atom stereocenters. The predicted octanol–water partition coefficient (Wildman–Crippen LogP) is 4.96. The van der Waals surface area contributed by atoms with Crippen molar-refractivity contribution in [2.75, 3.05) is 6.54 Å². The van der Waals surface area contributed by atoms with E-state index in [9.17, 15) is 4.79 Å². The average Bonchev–Trinajstić information content (AvgIpc) is 3.08. The molecule has 0 spiro atoms. The molecule has 2 aromatic heterocycles. The number of halogens is 1. The van der Waals surface area contributed by atoms with Gasteiger partial charge in [-0.2, -0.15) is 0 Å². The molecule has 0 aliphatic rings. The highest BCUT2D eigenvalue weighted by atomic mass is 79.9. The number of nitrogens with zero attached hydrogens (tertiary/aromatic N) is 1. The molecule has 0 atom stereocenters. The minimum Gasteiger partial charge on any atom is -0.351 e. The van der Waals surface area contributed by atoms with E-state index in [4.69, 9.17) is 0 Å². The maximum atomic E-state index is 12.5. The second-order valence-electron chi connectivity index (χ2n) is 5.65. The SMILES string of the molecule is CCCNC(=O)c1cc2scc(Br)c2n1Cc1ccc(C)cc1. The monoisotopic (exact) mass is 390 g/mol. The number of hydrogen-bond donors (Lipinski definition) is 1. The van der Waals surface area contributed by atoms with Gasteiger partial charge in [-0.15, -0.1) is 11.3 Å². The summed E-state index contributed by atoms with van der Waals surface area (Å²) in [5.74, 6) is -0.00531. The third-order valence-corrected chi connectivity index (χ3v) is 5.63. The van der Waals surface area contributed by atoms with E-state index in [1.165, 1.54) is 11.1 Å². The number of fused-ring (bicyclic) bond motifs is 1. The predicted molar refractivity (Wildman–Crippen MR) is 100 cm³/mol. The van der Waals surface area contributed by atoms with Crippen molar-refractivity contribution < 1.29 is 4.79 Å². The molecule has 0 bridgehead atoms. The van der Waals surface area contributed by atoms with Gasteiger partial charge in [0.05, 0.1) is 14.7 Å². The van der Waals surface area contributed by atoms with Gasteiger partial charge in [0.15, 0.2) is 0 Å². The fourth-order valence-corrected chi connectivity index (χ4v) is 4.28. The Labute approximate surface area is 148 Å². The molecular weight excluding hydrogens is 372 g/mol. The lowest BCUT2D eigenvalue weighted by Gasteiger charge is -2.11. The molecule has 0 radical (unpaired) electrons. The molecule has 0 aliphatic heterocycles. The van der Waals surface area contributed by atoms with Crippen molar-refractivity contribution in [3.05, 3.63) is 57.0 Å². The lowest BCUT2D eigenvalue weighted by molar-refractivity contribution is 0.0945. The largest absolute Gasteiger partial charge is 0.351 e. The van der Waals surface area contributed by atoms with Crippen LogP contribution in [0.5, 0.6) is 0 Å². The van der Waals surface area contributed by atoms with Crippen LogP contribution >= 0.6 is 27.3 Å². The zero-order valence-electron chi connectivity index (χ0n) is 13.2. The van der Waals surface area contributed by atoms with Crippen LogP contribution < -0.4 is 5.32 Å². The molecule has 0 aliphatic carbocycles. The summed E-state index contributed by atoms with van der Waals surface area (Å²) in [5, 5.41) is 5.06. The summed E-state index contributed by atoms with van der Waals surface area (Å²) < 4.78 is 4.27. The zero-order valence-corrected chi connectivity index (χ0v) is 15.6. The Kier molecular flexibility index (Phi) is 4.87. The van der Waals surface area contributed by atoms with Crippen LogP contribution in [0.2, 0.25) is 0 Å². The maximum absolute atomic E-state index is 12.5. The number of carbonyl (C=O) groups is 1. The Morgan fingerprint density at radius 3 is 2.74 bits per heavy atom. The second-order valence-corrected chi connectivity index (χ2v) is 7.42. The molecule has 3 rings (SSSR count). The van der Waals surface area contributed by atoms with E-state index >= 15 is 0 Å². The molecule has 0 saturated heterocycles. The minimum atomic E-state index is -0.00531. The minimum absolute atomic E-state index is 0.00531. The molecule has 5 heteroatoms. The maximum Gasteiger partial charge on any atom is 0.267 e. The van der Waals surface area contributed by atoms with E-state index in [1.54, 1.807) is 11.3 Å². The third-order valence-electron chi connectivity index (χ3n) is 3.81. The molecular formula is C18H19BrN2OS. The zero-order chi connectivity index (χ0) is 16.4. The van der Waals surface area contributed by atoms with Crippen LogP contribution in [0.3, 0.4) is 0 Å². The van der Waals surface area contributed by atoms with E-state index < -0.39 is 0 Å². The molecule has 3 aromatic rings. The van der Waals surface area contributed by atoms with Gasteiger partial charge in [0.1, 0.15) is 5.69 Å². The van der Waals surface area contributed by atoms with Gasteiger partial charge < -0.3 is 9.88 Å².